The third kappa shape index (κ3) is 2.86. The molecule has 1 aromatic carbocycles. The quantitative estimate of drug-likeness (QED) is 0.737. The van der Waals surface area contributed by atoms with Gasteiger partial charge in [-0.3, -0.25) is 0 Å². The average Bonchev–Trinajstić information content (AvgIpc) is 3.08. The standard InChI is InChI=1S/C16H18N4O/c1-11-4-6-13(7-5-11)12(2)8-15-18-16(21-19-15)14-9-17-10-20(14)3/h4-7,9-10,12H,8H2,1-3H3. The molecule has 0 fully saturated rings. The molecule has 0 aliphatic heterocycles. The summed E-state index contributed by atoms with van der Waals surface area (Å²) >= 11 is 0. The second-order valence-corrected chi connectivity index (χ2v) is 5.42. The van der Waals surface area contributed by atoms with E-state index in [9.17, 15) is 0 Å². The van der Waals surface area contributed by atoms with Crippen LogP contribution in [0.3, 0.4) is 0 Å². The van der Waals surface area contributed by atoms with Crippen LogP contribution >= 0.6 is 0 Å². The van der Waals surface area contributed by atoms with Crippen molar-refractivity contribution in [3.05, 3.63) is 53.7 Å². The number of aromatic nitrogens is 4. The van der Waals surface area contributed by atoms with Crippen molar-refractivity contribution in [2.75, 3.05) is 0 Å². The summed E-state index contributed by atoms with van der Waals surface area (Å²) in [5, 5.41) is 4.07. The number of hydrogen-bond acceptors (Lipinski definition) is 4. The summed E-state index contributed by atoms with van der Waals surface area (Å²) in [6.07, 6.45) is 4.19. The Kier molecular flexibility index (Phi) is 3.56. The lowest BCUT2D eigenvalue weighted by molar-refractivity contribution is 0.418. The molecular weight excluding hydrogens is 264 g/mol. The molecule has 5 nitrogen and oxygen atoms in total. The van der Waals surface area contributed by atoms with Crippen molar-refractivity contribution in [1.82, 2.24) is 19.7 Å². The predicted octanol–water partition coefficient (Wildman–Crippen LogP) is 3.12. The molecule has 0 amide bonds. The van der Waals surface area contributed by atoms with Gasteiger partial charge in [-0.15, -0.1) is 0 Å². The molecule has 2 aromatic heterocycles. The van der Waals surface area contributed by atoms with Gasteiger partial charge in [-0.2, -0.15) is 4.98 Å². The summed E-state index contributed by atoms with van der Waals surface area (Å²) in [4.78, 5) is 8.52. The van der Waals surface area contributed by atoms with Crippen LogP contribution in [0.1, 0.15) is 29.8 Å². The fourth-order valence-electron chi connectivity index (χ4n) is 2.29. The number of hydrogen-bond donors (Lipinski definition) is 0. The van der Waals surface area contributed by atoms with Gasteiger partial charge in [0.2, 0.25) is 0 Å². The first-order valence-corrected chi connectivity index (χ1v) is 6.99. The van der Waals surface area contributed by atoms with Crippen LogP contribution in [0.4, 0.5) is 0 Å². The Bertz CT molecular complexity index is 727. The molecule has 0 saturated heterocycles. The molecule has 0 aliphatic rings. The van der Waals surface area contributed by atoms with Gasteiger partial charge in [-0.25, -0.2) is 4.98 Å². The van der Waals surface area contributed by atoms with E-state index in [4.69, 9.17) is 4.52 Å². The lowest BCUT2D eigenvalue weighted by atomic mass is 9.97. The van der Waals surface area contributed by atoms with Gasteiger partial charge in [-0.1, -0.05) is 41.9 Å². The van der Waals surface area contributed by atoms with E-state index in [2.05, 4.69) is 53.2 Å². The molecule has 3 aromatic rings. The first-order valence-electron chi connectivity index (χ1n) is 6.99. The normalized spacial score (nSPS) is 12.5. The Hall–Kier alpha value is -2.43. The fourth-order valence-corrected chi connectivity index (χ4v) is 2.29. The number of imidazole rings is 1. The van der Waals surface area contributed by atoms with E-state index >= 15 is 0 Å². The van der Waals surface area contributed by atoms with Crippen LogP contribution in [-0.2, 0) is 13.5 Å². The van der Waals surface area contributed by atoms with Crippen LogP contribution in [0.15, 0.2) is 41.3 Å². The minimum absolute atomic E-state index is 0.350. The molecule has 0 N–H and O–H groups in total. The van der Waals surface area contributed by atoms with E-state index in [1.54, 1.807) is 12.5 Å². The molecule has 108 valence electrons. The zero-order valence-corrected chi connectivity index (χ0v) is 12.4. The SMILES string of the molecule is Cc1ccc(C(C)Cc2noc(-c3cncn3C)n2)cc1. The van der Waals surface area contributed by atoms with Crippen molar-refractivity contribution < 1.29 is 4.52 Å². The van der Waals surface area contributed by atoms with Crippen LogP contribution in [0.5, 0.6) is 0 Å². The lowest BCUT2D eigenvalue weighted by Gasteiger charge is -2.09. The summed E-state index contributed by atoms with van der Waals surface area (Å²) in [6, 6.07) is 8.57. The summed E-state index contributed by atoms with van der Waals surface area (Å²) in [5.74, 6) is 1.59. The summed E-state index contributed by atoms with van der Waals surface area (Å²) in [7, 11) is 1.90. The Morgan fingerprint density at radius 3 is 2.67 bits per heavy atom. The van der Waals surface area contributed by atoms with Crippen LogP contribution in [0, 0.1) is 6.92 Å². The molecule has 0 aliphatic carbocycles. The van der Waals surface area contributed by atoms with Crippen molar-refractivity contribution in [3.63, 3.8) is 0 Å². The zero-order valence-electron chi connectivity index (χ0n) is 12.4. The van der Waals surface area contributed by atoms with Gasteiger partial charge in [0.15, 0.2) is 5.82 Å². The van der Waals surface area contributed by atoms with Crippen LogP contribution in [-0.4, -0.2) is 19.7 Å². The molecule has 1 atom stereocenters. The molecule has 0 bridgehead atoms. The molecule has 2 heterocycles. The van der Waals surface area contributed by atoms with Crippen LogP contribution in [0.25, 0.3) is 11.6 Å². The Labute approximate surface area is 123 Å². The fraction of sp³-hybridized carbons (Fsp3) is 0.312. The third-order valence-electron chi connectivity index (χ3n) is 3.64. The van der Waals surface area contributed by atoms with Crippen molar-refractivity contribution in [2.24, 2.45) is 7.05 Å². The highest BCUT2D eigenvalue weighted by Gasteiger charge is 2.15. The Morgan fingerprint density at radius 1 is 1.24 bits per heavy atom. The number of aryl methyl sites for hydroxylation is 2. The van der Waals surface area contributed by atoms with E-state index in [-0.39, 0.29) is 0 Å². The van der Waals surface area contributed by atoms with Gasteiger partial charge in [0.25, 0.3) is 5.89 Å². The number of rotatable bonds is 4. The smallest absolute Gasteiger partial charge is 0.276 e. The molecule has 1 unspecified atom stereocenters. The maximum atomic E-state index is 5.32. The van der Waals surface area contributed by atoms with E-state index < -0.39 is 0 Å². The largest absolute Gasteiger partial charge is 0.332 e. The van der Waals surface area contributed by atoms with E-state index in [1.807, 2.05) is 11.6 Å². The molecular formula is C16H18N4O. The molecule has 0 saturated carbocycles. The number of nitrogens with zero attached hydrogens (tertiary/aromatic N) is 4. The minimum Gasteiger partial charge on any atom is -0.332 e. The molecule has 3 rings (SSSR count). The van der Waals surface area contributed by atoms with E-state index in [1.165, 1.54) is 11.1 Å². The van der Waals surface area contributed by atoms with E-state index in [0.717, 1.165) is 17.9 Å². The van der Waals surface area contributed by atoms with Crippen molar-refractivity contribution in [1.29, 1.82) is 0 Å². The second kappa shape index (κ2) is 5.52. The third-order valence-corrected chi connectivity index (χ3v) is 3.64. The maximum Gasteiger partial charge on any atom is 0.276 e. The Balaban J connectivity index is 1.75. The Morgan fingerprint density at radius 2 is 2.00 bits per heavy atom. The molecule has 5 heteroatoms. The monoisotopic (exact) mass is 282 g/mol. The number of benzene rings is 1. The van der Waals surface area contributed by atoms with Gasteiger partial charge >= 0.3 is 0 Å². The van der Waals surface area contributed by atoms with Gasteiger partial charge < -0.3 is 9.09 Å². The lowest BCUT2D eigenvalue weighted by Crippen LogP contribution is -2.00. The minimum atomic E-state index is 0.350. The zero-order chi connectivity index (χ0) is 14.8. The topological polar surface area (TPSA) is 56.7 Å². The first-order chi connectivity index (χ1) is 10.1. The summed E-state index contributed by atoms with van der Waals surface area (Å²) < 4.78 is 7.19. The van der Waals surface area contributed by atoms with Gasteiger partial charge in [0, 0.05) is 13.5 Å². The highest BCUT2D eigenvalue weighted by Crippen LogP contribution is 2.21. The van der Waals surface area contributed by atoms with Crippen molar-refractivity contribution in [2.45, 2.75) is 26.2 Å². The van der Waals surface area contributed by atoms with Crippen LogP contribution in [0.2, 0.25) is 0 Å². The molecule has 0 spiro atoms. The first kappa shape index (κ1) is 13.5. The highest BCUT2D eigenvalue weighted by molar-refractivity contribution is 5.45. The van der Waals surface area contributed by atoms with Crippen LogP contribution < -0.4 is 0 Å². The van der Waals surface area contributed by atoms with Gasteiger partial charge in [0.05, 0.1) is 12.5 Å². The van der Waals surface area contributed by atoms with Gasteiger partial charge in [-0.05, 0) is 18.4 Å². The molecule has 21 heavy (non-hydrogen) atoms. The summed E-state index contributed by atoms with van der Waals surface area (Å²) in [5.41, 5.74) is 3.38. The van der Waals surface area contributed by atoms with E-state index in [0.29, 0.717) is 11.8 Å². The van der Waals surface area contributed by atoms with Crippen molar-refractivity contribution in [3.8, 4) is 11.6 Å². The average molecular weight is 282 g/mol. The molecule has 0 radical (unpaired) electrons. The second-order valence-electron chi connectivity index (χ2n) is 5.42. The van der Waals surface area contributed by atoms with Crippen molar-refractivity contribution >= 4 is 0 Å². The maximum absolute atomic E-state index is 5.32. The van der Waals surface area contributed by atoms with Gasteiger partial charge in [0.1, 0.15) is 5.69 Å². The highest BCUT2D eigenvalue weighted by atomic mass is 16.5. The summed E-state index contributed by atoms with van der Waals surface area (Å²) in [6.45, 7) is 4.26. The predicted molar refractivity (Wildman–Crippen MR) is 79.8 cm³/mol.